The molecular formula is C21H25Cl2Hf-3. The van der Waals surface area contributed by atoms with Crippen molar-refractivity contribution in [2.24, 2.45) is 0 Å². The third-order valence-corrected chi connectivity index (χ3v) is 4.37. The summed E-state index contributed by atoms with van der Waals surface area (Å²) in [5.41, 5.74) is 3.27. The molecule has 0 fully saturated rings. The van der Waals surface area contributed by atoms with Crippen molar-refractivity contribution in [3.63, 3.8) is 0 Å². The Morgan fingerprint density at radius 2 is 1.17 bits per heavy atom. The fraction of sp³-hybridized carbons (Fsp3) is 0.381. The Morgan fingerprint density at radius 1 is 0.667 bits per heavy atom. The monoisotopic (exact) mass is 527 g/mol. The van der Waals surface area contributed by atoms with E-state index < -0.39 is 0 Å². The van der Waals surface area contributed by atoms with E-state index in [0.717, 1.165) is 0 Å². The Bertz CT molecular complexity index is 817. The van der Waals surface area contributed by atoms with E-state index in [9.17, 15) is 0 Å². The second-order valence-electron chi connectivity index (χ2n) is 8.22. The normalized spacial score (nSPS) is 11.6. The number of hydrogen-bond acceptors (Lipinski definition) is 0. The molecule has 3 aromatic rings. The van der Waals surface area contributed by atoms with E-state index in [0.29, 0.717) is 0 Å². The van der Waals surface area contributed by atoms with Gasteiger partial charge in [-0.3, -0.25) is 0 Å². The summed E-state index contributed by atoms with van der Waals surface area (Å²) in [6.45, 7) is 13.9. The van der Waals surface area contributed by atoms with E-state index in [4.69, 9.17) is 0 Å². The first-order valence-corrected chi connectivity index (χ1v) is 7.81. The maximum atomic E-state index is 2.43. The van der Waals surface area contributed by atoms with Gasteiger partial charge in [0.15, 0.2) is 0 Å². The number of fused-ring (bicyclic) bond motifs is 3. The molecule has 0 aromatic heterocycles. The zero-order valence-corrected chi connectivity index (χ0v) is 20.4. The van der Waals surface area contributed by atoms with Gasteiger partial charge in [-0.2, -0.15) is 0 Å². The van der Waals surface area contributed by atoms with Crippen molar-refractivity contribution in [2.45, 2.75) is 52.4 Å². The quantitative estimate of drug-likeness (QED) is 0.292. The molecule has 0 nitrogen and oxygen atoms in total. The molecule has 3 rings (SSSR count). The van der Waals surface area contributed by atoms with Crippen molar-refractivity contribution in [3.05, 3.63) is 53.6 Å². The van der Waals surface area contributed by atoms with Gasteiger partial charge in [0.2, 0.25) is 0 Å². The fourth-order valence-corrected chi connectivity index (χ4v) is 3.25. The van der Waals surface area contributed by atoms with Crippen molar-refractivity contribution < 1.29 is 50.7 Å². The Kier molecular flexibility index (Phi) is 7.90. The van der Waals surface area contributed by atoms with Gasteiger partial charge in [-0.15, -0.1) is 39.7 Å². The van der Waals surface area contributed by atoms with Gasteiger partial charge < -0.3 is 24.8 Å². The van der Waals surface area contributed by atoms with Crippen LogP contribution in [0.1, 0.15) is 52.7 Å². The van der Waals surface area contributed by atoms with E-state index in [2.05, 4.69) is 84.0 Å². The molecule has 0 saturated carbocycles. The van der Waals surface area contributed by atoms with Crippen LogP contribution in [0.4, 0.5) is 0 Å². The second-order valence-corrected chi connectivity index (χ2v) is 8.22. The van der Waals surface area contributed by atoms with Gasteiger partial charge in [-0.25, -0.2) is 0 Å². The Balaban J connectivity index is 0.00000176. The predicted octanol–water partition coefficient (Wildman–Crippen LogP) is 0.312. The minimum absolute atomic E-state index is 0. The van der Waals surface area contributed by atoms with Crippen LogP contribution in [-0.4, -0.2) is 0 Å². The second kappa shape index (κ2) is 7.98. The van der Waals surface area contributed by atoms with Crippen molar-refractivity contribution >= 4 is 21.5 Å². The average molecular weight is 527 g/mol. The van der Waals surface area contributed by atoms with Gasteiger partial charge in [0.25, 0.3) is 0 Å². The summed E-state index contributed by atoms with van der Waals surface area (Å²) in [5, 5.41) is 5.48. The van der Waals surface area contributed by atoms with Gasteiger partial charge in [0.05, 0.1) is 0 Å². The number of halogens is 2. The summed E-state index contributed by atoms with van der Waals surface area (Å²) in [6, 6.07) is 15.9. The Morgan fingerprint density at radius 3 is 1.71 bits per heavy atom. The summed E-state index contributed by atoms with van der Waals surface area (Å²) >= 11 is 0. The molecule has 3 heteroatoms. The van der Waals surface area contributed by atoms with Crippen molar-refractivity contribution in [2.75, 3.05) is 0 Å². The maximum absolute atomic E-state index is 2.43. The molecule has 0 radical (unpaired) electrons. The molecule has 0 spiro atoms. The van der Waals surface area contributed by atoms with Gasteiger partial charge in [0.1, 0.15) is 0 Å². The molecular weight excluding hydrogens is 502 g/mol. The van der Waals surface area contributed by atoms with Crippen molar-refractivity contribution in [3.8, 4) is 0 Å². The molecule has 0 heterocycles. The third kappa shape index (κ3) is 4.29. The van der Waals surface area contributed by atoms with Crippen LogP contribution in [0.3, 0.4) is 0 Å². The van der Waals surface area contributed by atoms with E-state index in [-0.39, 0.29) is 61.5 Å². The molecule has 0 unspecified atom stereocenters. The van der Waals surface area contributed by atoms with Gasteiger partial charge >= 0.3 is 0 Å². The van der Waals surface area contributed by atoms with Crippen molar-refractivity contribution in [1.29, 1.82) is 0 Å². The molecule has 0 atom stereocenters. The molecule has 24 heavy (non-hydrogen) atoms. The molecule has 0 aliphatic heterocycles. The minimum atomic E-state index is 0. The standard InChI is InChI=1S/C21H25.2ClH.Hf/c1-20(2,3)18-12-15-11-14-9-7-8-10-16(14)17(15)13-19(18)21(4,5)6;;;/h7-13H,1-6H3;2*1H;/q-1;;;/p-2. The van der Waals surface area contributed by atoms with Gasteiger partial charge in [-0.1, -0.05) is 76.9 Å². The molecule has 0 amide bonds. The summed E-state index contributed by atoms with van der Waals surface area (Å²) in [5.74, 6) is 0. The SMILES string of the molecule is CC(C)(C)c1cc2[cH-]c3ccccc3c2cc1C(C)(C)C.[Cl-].[Cl-].[Hf]. The number of rotatable bonds is 0. The Hall–Kier alpha value is -0.240. The van der Waals surface area contributed by atoms with Crippen LogP contribution in [-0.2, 0) is 36.7 Å². The summed E-state index contributed by atoms with van der Waals surface area (Å²) in [6.07, 6.45) is 0. The minimum Gasteiger partial charge on any atom is -1.00 e. The topological polar surface area (TPSA) is 0 Å². The summed E-state index contributed by atoms with van der Waals surface area (Å²) in [7, 11) is 0. The molecule has 0 aliphatic carbocycles. The van der Waals surface area contributed by atoms with Crippen LogP contribution in [0.15, 0.2) is 42.5 Å². The Labute approximate surface area is 177 Å². The van der Waals surface area contributed by atoms with Gasteiger partial charge in [0, 0.05) is 25.8 Å². The largest absolute Gasteiger partial charge is 1.00 e. The van der Waals surface area contributed by atoms with Crippen LogP contribution < -0.4 is 24.8 Å². The van der Waals surface area contributed by atoms with Crippen LogP contribution in [0.2, 0.25) is 0 Å². The molecule has 0 saturated heterocycles. The van der Waals surface area contributed by atoms with E-state index in [1.54, 1.807) is 0 Å². The maximum Gasteiger partial charge on any atom is 0 e. The first kappa shape index (κ1) is 23.8. The van der Waals surface area contributed by atoms with Crippen LogP contribution in [0.5, 0.6) is 0 Å². The van der Waals surface area contributed by atoms with E-state index in [1.807, 2.05) is 0 Å². The smallest absolute Gasteiger partial charge is 0 e. The van der Waals surface area contributed by atoms with Gasteiger partial charge in [-0.05, 0) is 10.8 Å². The van der Waals surface area contributed by atoms with E-state index in [1.165, 1.54) is 32.7 Å². The number of benzene rings is 2. The zero-order chi connectivity index (χ0) is 15.4. The number of hydrogen-bond donors (Lipinski definition) is 0. The first-order valence-electron chi connectivity index (χ1n) is 7.81. The average Bonchev–Trinajstić information content (AvgIpc) is 2.73. The third-order valence-electron chi connectivity index (χ3n) is 4.37. The fourth-order valence-electron chi connectivity index (χ4n) is 3.25. The molecule has 130 valence electrons. The molecule has 0 bridgehead atoms. The molecule has 3 aromatic carbocycles. The van der Waals surface area contributed by atoms with E-state index >= 15 is 0 Å². The van der Waals surface area contributed by atoms with Crippen molar-refractivity contribution in [1.82, 2.24) is 0 Å². The zero-order valence-electron chi connectivity index (χ0n) is 15.3. The molecule has 0 aliphatic rings. The van der Waals surface area contributed by atoms with Crippen LogP contribution in [0.25, 0.3) is 21.5 Å². The van der Waals surface area contributed by atoms with Crippen LogP contribution in [0, 0.1) is 0 Å². The molecule has 0 N–H and O–H groups in total. The predicted molar refractivity (Wildman–Crippen MR) is 94.4 cm³/mol. The summed E-state index contributed by atoms with van der Waals surface area (Å²) in [4.78, 5) is 0. The first-order chi connectivity index (χ1) is 9.68. The van der Waals surface area contributed by atoms with Crippen LogP contribution >= 0.6 is 0 Å². The summed E-state index contributed by atoms with van der Waals surface area (Å²) < 4.78 is 0.